The molecule has 46 heavy (non-hydrogen) atoms. The Bertz CT molecular complexity index is 1710. The topological polar surface area (TPSA) is 220 Å². The third-order valence-corrected chi connectivity index (χ3v) is 7.79. The summed E-state index contributed by atoms with van der Waals surface area (Å²) >= 11 is 0. The molecular formula is C33H40N6O7. The van der Waals surface area contributed by atoms with E-state index in [9.17, 15) is 34.2 Å². The first-order chi connectivity index (χ1) is 21.9. The second kappa shape index (κ2) is 15.2. The highest BCUT2D eigenvalue weighted by atomic mass is 16.4. The summed E-state index contributed by atoms with van der Waals surface area (Å²) in [6.45, 7) is 3.65. The number of carbonyl (C=O) groups excluding carboxylic acids is 3. The van der Waals surface area contributed by atoms with Gasteiger partial charge in [-0.1, -0.05) is 50.2 Å². The molecule has 0 bridgehead atoms. The van der Waals surface area contributed by atoms with Crippen LogP contribution in [0.5, 0.6) is 0 Å². The molecule has 4 atom stereocenters. The molecule has 4 rings (SSSR count). The largest absolute Gasteiger partial charge is 0.481 e. The second-order valence-corrected chi connectivity index (χ2v) is 11.8. The summed E-state index contributed by atoms with van der Waals surface area (Å²) < 4.78 is 0. The summed E-state index contributed by atoms with van der Waals surface area (Å²) in [5.41, 5.74) is 9.40. The molecular weight excluding hydrogens is 592 g/mol. The van der Waals surface area contributed by atoms with Crippen molar-refractivity contribution in [3.63, 3.8) is 0 Å². The number of aromatic nitrogens is 2. The Balaban J connectivity index is 1.54. The molecule has 2 aromatic heterocycles. The lowest BCUT2D eigenvalue weighted by molar-refractivity contribution is -0.142. The molecule has 0 aliphatic rings. The maximum absolute atomic E-state index is 13.6. The monoisotopic (exact) mass is 632 g/mol. The summed E-state index contributed by atoms with van der Waals surface area (Å²) in [5, 5.41) is 28.5. The van der Waals surface area contributed by atoms with Gasteiger partial charge in [0.25, 0.3) is 0 Å². The van der Waals surface area contributed by atoms with Gasteiger partial charge < -0.3 is 41.9 Å². The molecule has 3 amide bonds. The smallest absolute Gasteiger partial charge is 0.326 e. The number of amides is 3. The molecule has 0 aliphatic heterocycles. The number of hydrogen-bond donors (Lipinski definition) is 8. The summed E-state index contributed by atoms with van der Waals surface area (Å²) in [4.78, 5) is 69.9. The van der Waals surface area contributed by atoms with Crippen molar-refractivity contribution < 1.29 is 34.2 Å². The van der Waals surface area contributed by atoms with Crippen LogP contribution in [0.3, 0.4) is 0 Å². The van der Waals surface area contributed by atoms with Gasteiger partial charge in [0.05, 0.1) is 6.04 Å². The van der Waals surface area contributed by atoms with Gasteiger partial charge in [-0.15, -0.1) is 0 Å². The van der Waals surface area contributed by atoms with Gasteiger partial charge in [-0.3, -0.25) is 19.2 Å². The summed E-state index contributed by atoms with van der Waals surface area (Å²) in [6, 6.07) is 10.1. The van der Waals surface area contributed by atoms with Crippen LogP contribution in [-0.4, -0.2) is 74.0 Å². The van der Waals surface area contributed by atoms with Crippen molar-refractivity contribution >= 4 is 51.5 Å². The Morgan fingerprint density at radius 3 is 1.76 bits per heavy atom. The number of aliphatic carboxylic acids is 2. The molecule has 0 saturated heterocycles. The van der Waals surface area contributed by atoms with Crippen LogP contribution in [-0.2, 0) is 36.8 Å². The lowest BCUT2D eigenvalue weighted by atomic mass is 10.0. The average Bonchev–Trinajstić information content (AvgIpc) is 3.62. The minimum atomic E-state index is -1.33. The van der Waals surface area contributed by atoms with E-state index < -0.39 is 60.2 Å². The third-order valence-electron chi connectivity index (χ3n) is 7.79. The van der Waals surface area contributed by atoms with Crippen molar-refractivity contribution in [2.24, 2.45) is 11.7 Å². The SMILES string of the molecule is CC(C)CC(NC(=O)C(Cc1c[nH]c2ccccc12)NC(=O)C(CCC(=O)O)NC(=O)C(N)Cc1c[nH]c2ccccc12)C(=O)O. The number of nitrogens with one attached hydrogen (secondary N) is 5. The molecule has 0 spiro atoms. The van der Waals surface area contributed by atoms with Crippen molar-refractivity contribution in [2.45, 2.75) is 70.1 Å². The van der Waals surface area contributed by atoms with Gasteiger partial charge in [0.1, 0.15) is 18.1 Å². The first-order valence-corrected chi connectivity index (χ1v) is 15.1. The summed E-state index contributed by atoms with van der Waals surface area (Å²) in [7, 11) is 0. The summed E-state index contributed by atoms with van der Waals surface area (Å²) in [6.07, 6.45) is 3.07. The Morgan fingerprint density at radius 1 is 0.717 bits per heavy atom. The van der Waals surface area contributed by atoms with Crippen LogP contribution < -0.4 is 21.7 Å². The van der Waals surface area contributed by atoms with Crippen LogP contribution in [0.1, 0.15) is 44.2 Å². The maximum Gasteiger partial charge on any atom is 0.326 e. The molecule has 13 nitrogen and oxygen atoms in total. The van der Waals surface area contributed by atoms with Crippen molar-refractivity contribution in [3.05, 3.63) is 72.1 Å². The van der Waals surface area contributed by atoms with E-state index in [0.29, 0.717) is 5.56 Å². The number of para-hydroxylation sites is 2. The second-order valence-electron chi connectivity index (χ2n) is 11.8. The van der Waals surface area contributed by atoms with Crippen LogP contribution in [0.4, 0.5) is 0 Å². The number of nitrogens with two attached hydrogens (primary N) is 1. The van der Waals surface area contributed by atoms with Crippen LogP contribution >= 0.6 is 0 Å². The van der Waals surface area contributed by atoms with Crippen LogP contribution in [0, 0.1) is 5.92 Å². The van der Waals surface area contributed by atoms with E-state index in [-0.39, 0.29) is 31.6 Å². The van der Waals surface area contributed by atoms with Gasteiger partial charge in [0.2, 0.25) is 17.7 Å². The average molecular weight is 633 g/mol. The highest BCUT2D eigenvalue weighted by Gasteiger charge is 2.31. The Hall–Kier alpha value is -5.17. The number of benzene rings is 2. The standard InChI is InChI=1S/C33H40N6O7/c1-18(2)13-28(33(45)46)39-32(44)27(15-20-17-36-25-10-6-4-8-22(20)25)38-31(43)26(11-12-29(40)41)37-30(42)23(34)14-19-16-35-24-9-5-3-7-21(19)24/h3-10,16-18,23,26-28,35-36H,11-15,34H2,1-2H3,(H,37,42)(H,38,43)(H,39,44)(H,40,41)(H,45,46). The number of aromatic amines is 2. The van der Waals surface area contributed by atoms with Crippen molar-refractivity contribution in [2.75, 3.05) is 0 Å². The van der Waals surface area contributed by atoms with E-state index in [1.807, 2.05) is 62.4 Å². The third kappa shape index (κ3) is 8.72. The molecule has 4 aromatic rings. The highest BCUT2D eigenvalue weighted by molar-refractivity contribution is 5.95. The van der Waals surface area contributed by atoms with E-state index >= 15 is 0 Å². The van der Waals surface area contributed by atoms with Crippen LogP contribution in [0.25, 0.3) is 21.8 Å². The molecule has 244 valence electrons. The van der Waals surface area contributed by atoms with E-state index in [1.165, 1.54) is 0 Å². The highest BCUT2D eigenvalue weighted by Crippen LogP contribution is 2.21. The first kappa shape index (κ1) is 33.7. The number of hydrogen-bond acceptors (Lipinski definition) is 6. The van der Waals surface area contributed by atoms with Gasteiger partial charge in [-0.2, -0.15) is 0 Å². The summed E-state index contributed by atoms with van der Waals surface area (Å²) in [5.74, 6) is -4.63. The maximum atomic E-state index is 13.6. The number of fused-ring (bicyclic) bond motifs is 2. The normalized spacial score (nSPS) is 14.0. The van der Waals surface area contributed by atoms with Crippen molar-refractivity contribution in [3.8, 4) is 0 Å². The Kier molecular flexibility index (Phi) is 11.2. The van der Waals surface area contributed by atoms with Crippen LogP contribution in [0.15, 0.2) is 60.9 Å². The molecule has 0 aliphatic carbocycles. The predicted molar refractivity (Wildman–Crippen MR) is 172 cm³/mol. The minimum absolute atomic E-state index is 0.00468. The van der Waals surface area contributed by atoms with Gasteiger partial charge >= 0.3 is 11.9 Å². The number of carboxylic acid groups (broad SMARTS) is 2. The number of carbonyl (C=O) groups is 5. The quantitative estimate of drug-likeness (QED) is 0.0913. The molecule has 2 aromatic carbocycles. The number of carboxylic acids is 2. The van der Waals surface area contributed by atoms with Crippen molar-refractivity contribution in [1.82, 2.24) is 25.9 Å². The van der Waals surface area contributed by atoms with Gasteiger partial charge in [0, 0.05) is 47.0 Å². The fraction of sp³-hybridized carbons (Fsp3) is 0.364. The van der Waals surface area contributed by atoms with E-state index in [2.05, 4.69) is 25.9 Å². The fourth-order valence-electron chi connectivity index (χ4n) is 5.41. The predicted octanol–water partition coefficient (Wildman–Crippen LogP) is 2.21. The van der Waals surface area contributed by atoms with E-state index in [4.69, 9.17) is 5.73 Å². The van der Waals surface area contributed by atoms with Crippen molar-refractivity contribution in [1.29, 1.82) is 0 Å². The van der Waals surface area contributed by atoms with Gasteiger partial charge in [-0.25, -0.2) is 4.79 Å². The molecule has 0 saturated carbocycles. The molecule has 13 heteroatoms. The molecule has 9 N–H and O–H groups in total. The fourth-order valence-corrected chi connectivity index (χ4v) is 5.41. The van der Waals surface area contributed by atoms with E-state index in [1.54, 1.807) is 12.4 Å². The molecule has 0 radical (unpaired) electrons. The lowest BCUT2D eigenvalue weighted by Crippen LogP contribution is -2.58. The lowest BCUT2D eigenvalue weighted by Gasteiger charge is -2.25. The van der Waals surface area contributed by atoms with E-state index in [0.717, 1.165) is 27.4 Å². The minimum Gasteiger partial charge on any atom is -0.481 e. The Labute approximate surface area is 265 Å². The van der Waals surface area contributed by atoms with Gasteiger partial charge in [0.15, 0.2) is 0 Å². The zero-order chi connectivity index (χ0) is 33.4. The number of H-pyrrole nitrogens is 2. The number of rotatable bonds is 16. The zero-order valence-corrected chi connectivity index (χ0v) is 25.7. The van der Waals surface area contributed by atoms with Gasteiger partial charge in [-0.05, 0) is 48.4 Å². The molecule has 2 heterocycles. The van der Waals surface area contributed by atoms with Crippen LogP contribution in [0.2, 0.25) is 0 Å². The first-order valence-electron chi connectivity index (χ1n) is 15.1. The Morgan fingerprint density at radius 2 is 1.22 bits per heavy atom. The molecule has 0 fully saturated rings. The zero-order valence-electron chi connectivity index (χ0n) is 25.7. The molecule has 4 unspecified atom stereocenters.